The lowest BCUT2D eigenvalue weighted by molar-refractivity contribution is -0.141. The van der Waals surface area contributed by atoms with E-state index in [1.807, 2.05) is 42.7 Å². The van der Waals surface area contributed by atoms with E-state index in [-0.39, 0.29) is 23.8 Å². The Balaban J connectivity index is 1.06. The summed E-state index contributed by atoms with van der Waals surface area (Å²) < 4.78 is 6.61. The van der Waals surface area contributed by atoms with Crippen molar-refractivity contribution in [1.82, 2.24) is 20.0 Å². The molecule has 3 saturated heterocycles. The zero-order valence-corrected chi connectivity index (χ0v) is 29.9. The van der Waals surface area contributed by atoms with E-state index in [0.29, 0.717) is 24.1 Å². The topological polar surface area (TPSA) is 94.2 Å². The van der Waals surface area contributed by atoms with Gasteiger partial charge >= 0.3 is 0 Å². The van der Waals surface area contributed by atoms with Gasteiger partial charge in [0.15, 0.2) is 0 Å². The van der Waals surface area contributed by atoms with Gasteiger partial charge in [-0.25, -0.2) is 0 Å². The van der Waals surface area contributed by atoms with Crippen LogP contribution in [0.2, 0.25) is 0 Å². The molecule has 5 aliphatic rings. The first-order valence-electron chi connectivity index (χ1n) is 18.2. The highest BCUT2D eigenvalue weighted by molar-refractivity contribution is 7.98. The fourth-order valence-corrected chi connectivity index (χ4v) is 9.42. The average molecular weight is 686 g/mol. The van der Waals surface area contributed by atoms with Crippen molar-refractivity contribution >= 4 is 35.2 Å². The molecule has 1 saturated carbocycles. The normalized spacial score (nSPS) is 32.8. The van der Waals surface area contributed by atoms with Crippen LogP contribution in [0.4, 0.5) is 5.69 Å². The Hall–Kier alpha value is -3.18. The van der Waals surface area contributed by atoms with Gasteiger partial charge in [-0.3, -0.25) is 19.3 Å². The Labute approximate surface area is 295 Å². The fraction of sp³-hybridized carbons (Fsp3) is 0.564. The highest BCUT2D eigenvalue weighted by Crippen LogP contribution is 2.55. The third kappa shape index (κ3) is 6.81. The quantitative estimate of drug-likeness (QED) is 0.263. The highest BCUT2D eigenvalue weighted by atomic mass is 32.2. The van der Waals surface area contributed by atoms with E-state index < -0.39 is 29.6 Å². The number of thioether (sulfide) groups is 1. The molecule has 9 nitrogen and oxygen atoms in total. The molecule has 1 spiro atoms. The van der Waals surface area contributed by atoms with Crippen molar-refractivity contribution in [3.05, 3.63) is 72.3 Å². The third-order valence-electron chi connectivity index (χ3n) is 11.9. The number of amides is 3. The second-order valence-electron chi connectivity index (χ2n) is 14.8. The minimum Gasteiger partial charge on any atom is -0.359 e. The van der Waals surface area contributed by atoms with Crippen LogP contribution in [0.3, 0.4) is 0 Å². The number of piperazine rings is 1. The summed E-state index contributed by atoms with van der Waals surface area (Å²) in [5, 5.41) is 6.44. The van der Waals surface area contributed by atoms with Gasteiger partial charge in [0.1, 0.15) is 11.6 Å². The van der Waals surface area contributed by atoms with Crippen molar-refractivity contribution in [1.29, 1.82) is 0 Å². The molecule has 2 bridgehead atoms. The maximum absolute atomic E-state index is 14.5. The smallest absolute Gasteiger partial charge is 0.246 e. The molecule has 262 valence electrons. The lowest BCUT2D eigenvalue weighted by atomic mass is 9.73. The van der Waals surface area contributed by atoms with E-state index in [1.165, 1.54) is 5.56 Å². The van der Waals surface area contributed by atoms with E-state index in [1.54, 1.807) is 16.7 Å². The van der Waals surface area contributed by atoms with Gasteiger partial charge in [-0.1, -0.05) is 75.2 Å². The van der Waals surface area contributed by atoms with Crippen molar-refractivity contribution in [2.75, 3.05) is 50.8 Å². The van der Waals surface area contributed by atoms with E-state index in [9.17, 15) is 14.4 Å². The molecule has 1 aliphatic carbocycles. The summed E-state index contributed by atoms with van der Waals surface area (Å²) in [7, 11) is 0. The summed E-state index contributed by atoms with van der Waals surface area (Å²) in [6, 6.07) is 17.6. The van der Waals surface area contributed by atoms with Crippen LogP contribution in [0.1, 0.15) is 45.1 Å². The molecule has 4 aliphatic heterocycles. The van der Waals surface area contributed by atoms with Crippen molar-refractivity contribution in [3.8, 4) is 0 Å². The number of benzene rings is 2. The van der Waals surface area contributed by atoms with Crippen molar-refractivity contribution in [2.45, 2.75) is 74.8 Å². The van der Waals surface area contributed by atoms with Crippen LogP contribution in [0.25, 0.3) is 0 Å². The first kappa shape index (κ1) is 34.3. The van der Waals surface area contributed by atoms with Gasteiger partial charge in [0.25, 0.3) is 0 Å². The van der Waals surface area contributed by atoms with Crippen LogP contribution in [0.5, 0.6) is 0 Å². The molecule has 0 radical (unpaired) electrons. The number of nitrogens with one attached hydrogen (secondary N) is 2. The van der Waals surface area contributed by atoms with Gasteiger partial charge in [0.2, 0.25) is 17.7 Å². The lowest BCUT2D eigenvalue weighted by Gasteiger charge is -2.38. The number of ether oxygens (including phenoxy) is 1. The largest absolute Gasteiger partial charge is 0.359 e. The van der Waals surface area contributed by atoms with Crippen molar-refractivity contribution in [2.24, 2.45) is 23.7 Å². The average Bonchev–Trinajstić information content (AvgIpc) is 3.75. The summed E-state index contributed by atoms with van der Waals surface area (Å²) in [6.07, 6.45) is 9.20. The molecule has 8 unspecified atom stereocenters. The molecular weight excluding hydrogens is 635 g/mol. The van der Waals surface area contributed by atoms with Crippen LogP contribution in [0.15, 0.2) is 71.6 Å². The predicted octanol–water partition coefficient (Wildman–Crippen LogP) is 4.65. The summed E-state index contributed by atoms with van der Waals surface area (Å²) >= 11 is 1.61. The standard InChI is InChI=1S/C39H51N5O4S/c1-26-10-7-15-31(27(26)2)41-37(46)35-39-17-16-32(48-39)33(36(45)40-29-13-8-14-30(24-29)49-3)34(39)38(47)44(35)19-9-18-42-20-22-43(23-21-42)25-28-11-5-4-6-12-28/h4-6,8,11-14,16-17,24,26-27,31-35H,7,9-10,15,18-23,25H2,1-3H3,(H,40,45)(H,41,46). The predicted molar refractivity (Wildman–Crippen MR) is 193 cm³/mol. The highest BCUT2D eigenvalue weighted by Gasteiger charge is 2.72. The van der Waals surface area contributed by atoms with Gasteiger partial charge < -0.3 is 25.2 Å². The molecule has 7 rings (SSSR count). The molecule has 49 heavy (non-hydrogen) atoms. The van der Waals surface area contributed by atoms with E-state index in [0.717, 1.165) is 69.8 Å². The number of rotatable bonds is 11. The first-order chi connectivity index (χ1) is 23.8. The molecule has 10 heteroatoms. The Kier molecular flexibility index (Phi) is 10.2. The second-order valence-corrected chi connectivity index (χ2v) is 15.7. The van der Waals surface area contributed by atoms with Crippen molar-refractivity contribution < 1.29 is 19.1 Å². The number of fused-ring (bicyclic) bond motifs is 1. The zero-order chi connectivity index (χ0) is 34.1. The van der Waals surface area contributed by atoms with Crippen LogP contribution in [0, 0.1) is 23.7 Å². The van der Waals surface area contributed by atoms with Crippen molar-refractivity contribution in [3.63, 3.8) is 0 Å². The zero-order valence-electron chi connectivity index (χ0n) is 29.1. The van der Waals surface area contributed by atoms with Crippen LogP contribution in [-0.2, 0) is 25.7 Å². The van der Waals surface area contributed by atoms with Crippen LogP contribution in [-0.4, -0.2) is 102 Å². The molecule has 4 heterocycles. The molecule has 4 fully saturated rings. The van der Waals surface area contributed by atoms with E-state index >= 15 is 0 Å². The number of likely N-dealkylation sites (tertiary alicyclic amines) is 1. The maximum Gasteiger partial charge on any atom is 0.246 e. The SMILES string of the molecule is CSc1cccc(NC(=O)C2C3C=CC4(O3)C2C(=O)N(CCCN2CCN(Cc3ccccc3)CC2)C4C(=O)NC2CCCC(C)C2C)c1. The first-order valence-corrected chi connectivity index (χ1v) is 19.4. The monoisotopic (exact) mass is 685 g/mol. The van der Waals surface area contributed by atoms with Gasteiger partial charge in [-0.2, -0.15) is 0 Å². The van der Waals surface area contributed by atoms with Gasteiger partial charge in [-0.05, 0) is 61.2 Å². The lowest BCUT2D eigenvalue weighted by Crippen LogP contribution is -2.58. The van der Waals surface area contributed by atoms with Gasteiger partial charge in [0, 0.05) is 55.9 Å². The number of nitrogens with zero attached hydrogens (tertiary/aromatic N) is 3. The Bertz CT molecular complexity index is 1550. The fourth-order valence-electron chi connectivity index (χ4n) is 8.96. The van der Waals surface area contributed by atoms with Gasteiger partial charge in [0.05, 0.1) is 17.9 Å². The minimum absolute atomic E-state index is 0.0567. The Morgan fingerprint density at radius 3 is 2.51 bits per heavy atom. The molecule has 2 N–H and O–H groups in total. The molecule has 2 aromatic carbocycles. The maximum atomic E-state index is 14.5. The Morgan fingerprint density at radius 1 is 0.959 bits per heavy atom. The molecule has 0 aromatic heterocycles. The second kappa shape index (κ2) is 14.6. The van der Waals surface area contributed by atoms with Crippen LogP contribution < -0.4 is 10.6 Å². The third-order valence-corrected chi connectivity index (χ3v) is 12.6. The number of carbonyl (C=O) groups excluding carboxylic acids is 3. The molecule has 3 amide bonds. The Morgan fingerprint density at radius 2 is 1.73 bits per heavy atom. The number of anilines is 1. The van der Waals surface area contributed by atoms with E-state index in [4.69, 9.17) is 4.74 Å². The number of hydrogen-bond donors (Lipinski definition) is 2. The molecular formula is C39H51N5O4S. The van der Waals surface area contributed by atoms with Gasteiger partial charge in [-0.15, -0.1) is 11.8 Å². The summed E-state index contributed by atoms with van der Waals surface area (Å²) in [5.74, 6) is -1.12. The van der Waals surface area contributed by atoms with E-state index in [2.05, 4.69) is 64.6 Å². The summed E-state index contributed by atoms with van der Waals surface area (Å²) in [6.45, 7) is 10.7. The number of carbonyl (C=O) groups is 3. The number of hydrogen-bond acceptors (Lipinski definition) is 7. The minimum atomic E-state index is -1.15. The molecule has 2 aromatic rings. The summed E-state index contributed by atoms with van der Waals surface area (Å²) in [4.78, 5) is 50.6. The van der Waals surface area contributed by atoms with Crippen LogP contribution >= 0.6 is 11.8 Å². The molecule has 8 atom stereocenters. The summed E-state index contributed by atoms with van der Waals surface area (Å²) in [5.41, 5.74) is 0.876.